The molecule has 2 N–H and O–H groups in total. The zero-order valence-electron chi connectivity index (χ0n) is 11.4. The molecule has 7 nitrogen and oxygen atoms in total. The lowest BCUT2D eigenvalue weighted by Crippen LogP contribution is -2.48. The van der Waals surface area contributed by atoms with E-state index in [9.17, 15) is 22.9 Å². The fourth-order valence-corrected chi connectivity index (χ4v) is 4.38. The summed E-state index contributed by atoms with van der Waals surface area (Å²) in [5.74, 6) is -1.16. The summed E-state index contributed by atoms with van der Waals surface area (Å²) in [7, 11) is -4.14. The van der Waals surface area contributed by atoms with Gasteiger partial charge in [0.25, 0.3) is 0 Å². The van der Waals surface area contributed by atoms with E-state index in [1.54, 1.807) is 6.92 Å². The number of piperidine rings is 1. The van der Waals surface area contributed by atoms with Crippen LogP contribution in [-0.2, 0) is 10.0 Å². The van der Waals surface area contributed by atoms with Crippen LogP contribution in [0.2, 0.25) is 0 Å². The van der Waals surface area contributed by atoms with Crippen molar-refractivity contribution >= 4 is 15.7 Å². The van der Waals surface area contributed by atoms with Gasteiger partial charge in [-0.15, -0.1) is 0 Å². The SMILES string of the molecule is CC1CC(N)CCN1S(=O)(=O)c1cccc(F)c1[N+](=O)[O-]. The highest BCUT2D eigenvalue weighted by molar-refractivity contribution is 7.89. The fraction of sp³-hybridized carbons (Fsp3) is 0.500. The molecular weight excluding hydrogens is 301 g/mol. The maximum atomic E-state index is 13.6. The molecule has 9 heteroatoms. The van der Waals surface area contributed by atoms with E-state index in [4.69, 9.17) is 5.73 Å². The van der Waals surface area contributed by atoms with Crippen LogP contribution in [-0.4, -0.2) is 36.3 Å². The summed E-state index contributed by atoms with van der Waals surface area (Å²) in [4.78, 5) is 9.34. The number of nitrogens with zero attached hydrogens (tertiary/aromatic N) is 2. The van der Waals surface area contributed by atoms with Gasteiger partial charge in [-0.1, -0.05) is 6.07 Å². The Labute approximate surface area is 121 Å². The lowest BCUT2D eigenvalue weighted by molar-refractivity contribution is -0.390. The van der Waals surface area contributed by atoms with Crippen LogP contribution >= 0.6 is 0 Å². The molecule has 0 spiro atoms. The number of hydrogen-bond acceptors (Lipinski definition) is 5. The predicted molar refractivity (Wildman–Crippen MR) is 73.6 cm³/mol. The van der Waals surface area contributed by atoms with E-state index in [0.29, 0.717) is 12.8 Å². The molecule has 2 unspecified atom stereocenters. The molecule has 1 aliphatic heterocycles. The number of nitro benzene ring substituents is 1. The van der Waals surface area contributed by atoms with E-state index in [1.807, 2.05) is 0 Å². The van der Waals surface area contributed by atoms with Crippen molar-refractivity contribution in [2.75, 3.05) is 6.54 Å². The number of benzene rings is 1. The largest absolute Gasteiger partial charge is 0.328 e. The Balaban J connectivity index is 2.50. The highest BCUT2D eigenvalue weighted by atomic mass is 32.2. The van der Waals surface area contributed by atoms with Crippen LogP contribution in [0.25, 0.3) is 0 Å². The first-order valence-electron chi connectivity index (χ1n) is 6.45. The quantitative estimate of drug-likeness (QED) is 0.666. The lowest BCUT2D eigenvalue weighted by Gasteiger charge is -2.35. The summed E-state index contributed by atoms with van der Waals surface area (Å²) in [6.07, 6.45) is 0.926. The fourth-order valence-electron chi connectivity index (χ4n) is 2.55. The number of sulfonamides is 1. The number of para-hydroxylation sites is 1. The van der Waals surface area contributed by atoms with Crippen LogP contribution in [0.4, 0.5) is 10.1 Å². The average molecular weight is 317 g/mol. The van der Waals surface area contributed by atoms with Gasteiger partial charge in [-0.05, 0) is 31.9 Å². The normalized spacial score (nSPS) is 24.0. The van der Waals surface area contributed by atoms with Gasteiger partial charge >= 0.3 is 5.69 Å². The van der Waals surface area contributed by atoms with Crippen molar-refractivity contribution in [2.24, 2.45) is 5.73 Å². The maximum absolute atomic E-state index is 13.6. The topological polar surface area (TPSA) is 107 Å². The second-order valence-electron chi connectivity index (χ2n) is 5.09. The molecule has 0 saturated carbocycles. The van der Waals surface area contributed by atoms with Crippen LogP contribution in [0.3, 0.4) is 0 Å². The molecule has 0 aromatic heterocycles. The number of rotatable bonds is 3. The summed E-state index contributed by atoms with van der Waals surface area (Å²) in [6.45, 7) is 1.85. The van der Waals surface area contributed by atoms with Gasteiger partial charge in [-0.2, -0.15) is 8.70 Å². The summed E-state index contributed by atoms with van der Waals surface area (Å²) in [5, 5.41) is 11.0. The maximum Gasteiger partial charge on any atom is 0.324 e. The van der Waals surface area contributed by atoms with Gasteiger partial charge in [0.15, 0.2) is 4.90 Å². The Kier molecular flexibility index (Phi) is 4.26. The van der Waals surface area contributed by atoms with E-state index < -0.39 is 31.3 Å². The Morgan fingerprint density at radius 1 is 1.48 bits per heavy atom. The summed E-state index contributed by atoms with van der Waals surface area (Å²) >= 11 is 0. The molecule has 116 valence electrons. The van der Waals surface area contributed by atoms with Gasteiger partial charge in [-0.25, -0.2) is 8.42 Å². The second kappa shape index (κ2) is 5.66. The van der Waals surface area contributed by atoms with E-state index in [0.717, 1.165) is 22.5 Å². The lowest BCUT2D eigenvalue weighted by atomic mass is 10.0. The third kappa shape index (κ3) is 2.89. The minimum atomic E-state index is -4.14. The van der Waals surface area contributed by atoms with Crippen LogP contribution in [0.1, 0.15) is 19.8 Å². The van der Waals surface area contributed by atoms with Gasteiger partial charge in [-0.3, -0.25) is 10.1 Å². The van der Waals surface area contributed by atoms with Crippen molar-refractivity contribution in [1.82, 2.24) is 4.31 Å². The Hall–Kier alpha value is -1.58. The van der Waals surface area contributed by atoms with Crippen LogP contribution in [0, 0.1) is 15.9 Å². The molecule has 0 bridgehead atoms. The molecule has 21 heavy (non-hydrogen) atoms. The Bertz CT molecular complexity index is 664. The minimum Gasteiger partial charge on any atom is -0.328 e. The van der Waals surface area contributed by atoms with Gasteiger partial charge in [0, 0.05) is 18.6 Å². The zero-order valence-corrected chi connectivity index (χ0v) is 12.2. The van der Waals surface area contributed by atoms with Crippen LogP contribution in [0.15, 0.2) is 23.1 Å². The zero-order chi connectivity index (χ0) is 15.8. The molecule has 0 aliphatic carbocycles. The first-order valence-corrected chi connectivity index (χ1v) is 7.89. The van der Waals surface area contributed by atoms with Crippen molar-refractivity contribution in [2.45, 2.75) is 36.7 Å². The third-order valence-corrected chi connectivity index (χ3v) is 5.62. The molecular formula is C12H16FN3O4S. The summed E-state index contributed by atoms with van der Waals surface area (Å²) in [5.41, 5.74) is 4.77. The Morgan fingerprint density at radius 2 is 2.14 bits per heavy atom. The molecule has 1 saturated heterocycles. The van der Waals surface area contributed by atoms with Gasteiger partial charge in [0.1, 0.15) is 0 Å². The number of hydrogen-bond donors (Lipinski definition) is 1. The predicted octanol–water partition coefficient (Wildman–Crippen LogP) is 1.23. The van der Waals surface area contributed by atoms with Crippen molar-refractivity contribution in [3.8, 4) is 0 Å². The molecule has 2 rings (SSSR count). The first-order chi connectivity index (χ1) is 9.75. The minimum absolute atomic E-state index is 0.103. The molecule has 1 fully saturated rings. The van der Waals surface area contributed by atoms with E-state index >= 15 is 0 Å². The van der Waals surface area contributed by atoms with E-state index in [-0.39, 0.29) is 18.6 Å². The standard InChI is InChI=1S/C12H16FN3O4S/c1-8-7-9(14)5-6-15(8)21(19,20)11-4-2-3-10(13)12(11)16(17)18/h2-4,8-9H,5-7,14H2,1H3. The van der Waals surface area contributed by atoms with Crippen molar-refractivity contribution < 1.29 is 17.7 Å². The first kappa shape index (κ1) is 15.8. The van der Waals surface area contributed by atoms with Gasteiger partial charge < -0.3 is 5.73 Å². The molecule has 1 aromatic carbocycles. The molecule has 1 aliphatic rings. The third-order valence-electron chi connectivity index (χ3n) is 3.57. The smallest absolute Gasteiger partial charge is 0.324 e. The average Bonchev–Trinajstić information content (AvgIpc) is 2.37. The number of nitro groups is 1. The monoisotopic (exact) mass is 317 g/mol. The molecule has 0 amide bonds. The molecule has 2 atom stereocenters. The van der Waals surface area contributed by atoms with Crippen LogP contribution in [0.5, 0.6) is 0 Å². The van der Waals surface area contributed by atoms with Crippen molar-refractivity contribution in [3.05, 3.63) is 34.1 Å². The van der Waals surface area contributed by atoms with Gasteiger partial charge in [0.2, 0.25) is 15.8 Å². The van der Waals surface area contributed by atoms with Crippen LogP contribution < -0.4 is 5.73 Å². The number of halogens is 1. The van der Waals surface area contributed by atoms with Gasteiger partial charge in [0.05, 0.1) is 4.92 Å². The van der Waals surface area contributed by atoms with E-state index in [1.165, 1.54) is 0 Å². The van der Waals surface area contributed by atoms with E-state index in [2.05, 4.69) is 0 Å². The van der Waals surface area contributed by atoms with Crippen molar-refractivity contribution in [1.29, 1.82) is 0 Å². The Morgan fingerprint density at radius 3 is 2.71 bits per heavy atom. The molecule has 1 heterocycles. The summed E-state index contributed by atoms with van der Waals surface area (Å²) < 4.78 is 40.0. The molecule has 0 radical (unpaired) electrons. The molecule has 1 aromatic rings. The van der Waals surface area contributed by atoms with Crippen molar-refractivity contribution in [3.63, 3.8) is 0 Å². The number of nitrogens with two attached hydrogens (primary N) is 1. The highest BCUT2D eigenvalue weighted by Gasteiger charge is 2.38. The summed E-state index contributed by atoms with van der Waals surface area (Å²) in [6, 6.07) is 2.58. The second-order valence-corrected chi connectivity index (χ2v) is 6.95. The highest BCUT2D eigenvalue weighted by Crippen LogP contribution is 2.32.